The van der Waals surface area contributed by atoms with Crippen molar-refractivity contribution in [2.75, 3.05) is 5.73 Å². The molecule has 0 saturated carbocycles. The quantitative estimate of drug-likeness (QED) is 0.898. The van der Waals surface area contributed by atoms with Crippen LogP contribution in [0.25, 0.3) is 0 Å². The summed E-state index contributed by atoms with van der Waals surface area (Å²) in [6, 6.07) is 11.7. The van der Waals surface area contributed by atoms with E-state index in [9.17, 15) is 4.79 Å². The van der Waals surface area contributed by atoms with Gasteiger partial charge in [0, 0.05) is 13.2 Å². The normalized spacial score (nSPS) is 12.4. The molecule has 1 aromatic carbocycles. The second-order valence-electron chi connectivity index (χ2n) is 5.38. The van der Waals surface area contributed by atoms with Crippen LogP contribution in [0.15, 0.2) is 42.6 Å². The number of nitrogens with two attached hydrogens (primary N) is 1. The van der Waals surface area contributed by atoms with Crippen LogP contribution in [-0.2, 0) is 7.05 Å². The SMILES string of the molecule is CC(C)C(NC(=O)c1cc(N)cn1C)c1ccccc1. The molecule has 0 bridgehead atoms. The highest BCUT2D eigenvalue weighted by atomic mass is 16.2. The maximum Gasteiger partial charge on any atom is 0.268 e. The van der Waals surface area contributed by atoms with Crippen molar-refractivity contribution in [1.29, 1.82) is 0 Å². The fourth-order valence-corrected chi connectivity index (χ4v) is 2.33. The Hall–Kier alpha value is -2.23. The molecule has 0 radical (unpaired) electrons. The first-order valence-corrected chi connectivity index (χ1v) is 6.76. The zero-order valence-corrected chi connectivity index (χ0v) is 12.1. The minimum absolute atomic E-state index is 0.0141. The first-order valence-electron chi connectivity index (χ1n) is 6.76. The third-order valence-electron chi connectivity index (χ3n) is 3.37. The molecule has 2 rings (SSSR count). The highest BCUT2D eigenvalue weighted by molar-refractivity contribution is 5.94. The first-order chi connectivity index (χ1) is 9.49. The third-order valence-corrected chi connectivity index (χ3v) is 3.37. The van der Waals surface area contributed by atoms with Crippen molar-refractivity contribution in [3.8, 4) is 0 Å². The van der Waals surface area contributed by atoms with Crippen molar-refractivity contribution in [3.63, 3.8) is 0 Å². The van der Waals surface area contributed by atoms with E-state index in [1.807, 2.05) is 37.4 Å². The van der Waals surface area contributed by atoms with Gasteiger partial charge in [0.1, 0.15) is 5.69 Å². The van der Waals surface area contributed by atoms with Gasteiger partial charge in [0.15, 0.2) is 0 Å². The lowest BCUT2D eigenvalue weighted by Crippen LogP contribution is -2.32. The summed E-state index contributed by atoms with van der Waals surface area (Å²) in [6.45, 7) is 4.19. The van der Waals surface area contributed by atoms with Crippen LogP contribution in [0.5, 0.6) is 0 Å². The summed E-state index contributed by atoms with van der Waals surface area (Å²) in [5.74, 6) is 0.200. The molecule has 0 aliphatic carbocycles. The molecule has 0 spiro atoms. The van der Waals surface area contributed by atoms with Crippen LogP contribution >= 0.6 is 0 Å². The number of anilines is 1. The fourth-order valence-electron chi connectivity index (χ4n) is 2.33. The van der Waals surface area contributed by atoms with Gasteiger partial charge >= 0.3 is 0 Å². The molecule has 4 nitrogen and oxygen atoms in total. The molecule has 0 aliphatic rings. The van der Waals surface area contributed by atoms with E-state index in [1.165, 1.54) is 0 Å². The molecule has 0 fully saturated rings. The molecule has 1 atom stereocenters. The summed E-state index contributed by atoms with van der Waals surface area (Å²) in [5, 5.41) is 3.09. The van der Waals surface area contributed by atoms with E-state index < -0.39 is 0 Å². The van der Waals surface area contributed by atoms with Crippen LogP contribution in [0, 0.1) is 5.92 Å². The molecule has 4 heteroatoms. The van der Waals surface area contributed by atoms with E-state index in [4.69, 9.17) is 5.73 Å². The fraction of sp³-hybridized carbons (Fsp3) is 0.312. The maximum atomic E-state index is 12.4. The Bertz CT molecular complexity index is 587. The monoisotopic (exact) mass is 271 g/mol. The number of nitrogen functional groups attached to an aromatic ring is 1. The zero-order chi connectivity index (χ0) is 14.7. The topological polar surface area (TPSA) is 60.1 Å². The largest absolute Gasteiger partial charge is 0.397 e. The summed E-state index contributed by atoms with van der Waals surface area (Å²) in [6.07, 6.45) is 1.74. The van der Waals surface area contributed by atoms with Gasteiger partial charge in [-0.1, -0.05) is 44.2 Å². The number of hydrogen-bond acceptors (Lipinski definition) is 2. The number of carbonyl (C=O) groups is 1. The van der Waals surface area contributed by atoms with Gasteiger partial charge in [0.25, 0.3) is 5.91 Å². The molecule has 1 heterocycles. The van der Waals surface area contributed by atoms with Crippen molar-refractivity contribution in [2.24, 2.45) is 13.0 Å². The van der Waals surface area contributed by atoms with Crippen molar-refractivity contribution in [3.05, 3.63) is 53.9 Å². The van der Waals surface area contributed by atoms with Gasteiger partial charge in [-0.3, -0.25) is 4.79 Å². The van der Waals surface area contributed by atoms with Crippen molar-refractivity contribution in [2.45, 2.75) is 19.9 Å². The molecule has 0 saturated heterocycles. The van der Waals surface area contributed by atoms with Crippen molar-refractivity contribution < 1.29 is 4.79 Å². The molecule has 0 aliphatic heterocycles. The molecule has 2 aromatic rings. The molecule has 20 heavy (non-hydrogen) atoms. The number of hydrogen-bond donors (Lipinski definition) is 2. The Morgan fingerprint density at radius 1 is 1.25 bits per heavy atom. The number of nitrogens with one attached hydrogen (secondary N) is 1. The average molecular weight is 271 g/mol. The highest BCUT2D eigenvalue weighted by Crippen LogP contribution is 2.22. The predicted octanol–water partition coefficient (Wildman–Crippen LogP) is 2.73. The Kier molecular flexibility index (Phi) is 4.13. The standard InChI is InChI=1S/C16H21N3O/c1-11(2)15(12-7-5-4-6-8-12)18-16(20)14-9-13(17)10-19(14)3/h4-11,15H,17H2,1-3H3,(H,18,20). The second kappa shape index (κ2) is 5.82. The van der Waals surface area contributed by atoms with E-state index in [0.717, 1.165) is 5.56 Å². The first kappa shape index (κ1) is 14.2. The van der Waals surface area contributed by atoms with Gasteiger partial charge in [-0.05, 0) is 17.5 Å². The minimum atomic E-state index is -0.105. The lowest BCUT2D eigenvalue weighted by molar-refractivity contribution is 0.0917. The summed E-state index contributed by atoms with van der Waals surface area (Å²) in [4.78, 5) is 12.4. The number of aryl methyl sites for hydroxylation is 1. The van der Waals surface area contributed by atoms with Gasteiger partial charge in [-0.25, -0.2) is 0 Å². The van der Waals surface area contributed by atoms with Crippen LogP contribution < -0.4 is 11.1 Å². The number of aromatic nitrogens is 1. The van der Waals surface area contributed by atoms with Crippen LogP contribution in [-0.4, -0.2) is 10.5 Å². The lowest BCUT2D eigenvalue weighted by Gasteiger charge is -2.23. The van der Waals surface area contributed by atoms with Gasteiger partial charge in [0.05, 0.1) is 11.7 Å². The van der Waals surface area contributed by atoms with Gasteiger partial charge in [0.2, 0.25) is 0 Å². The lowest BCUT2D eigenvalue weighted by atomic mass is 9.96. The van der Waals surface area contributed by atoms with E-state index in [0.29, 0.717) is 17.3 Å². The molecule has 3 N–H and O–H groups in total. The van der Waals surface area contributed by atoms with Gasteiger partial charge < -0.3 is 15.6 Å². The predicted molar refractivity (Wildman–Crippen MR) is 81.3 cm³/mol. The van der Waals surface area contributed by atoms with E-state index >= 15 is 0 Å². The Balaban J connectivity index is 2.21. The Morgan fingerprint density at radius 2 is 1.90 bits per heavy atom. The van der Waals surface area contributed by atoms with E-state index in [1.54, 1.807) is 16.8 Å². The van der Waals surface area contributed by atoms with Crippen LogP contribution in [0.3, 0.4) is 0 Å². The van der Waals surface area contributed by atoms with E-state index in [2.05, 4.69) is 19.2 Å². The molecule has 106 valence electrons. The molecule has 1 aromatic heterocycles. The zero-order valence-electron chi connectivity index (χ0n) is 12.1. The molecule has 1 amide bonds. The van der Waals surface area contributed by atoms with Gasteiger partial charge in [-0.2, -0.15) is 0 Å². The van der Waals surface area contributed by atoms with Crippen LogP contribution in [0.4, 0.5) is 5.69 Å². The Morgan fingerprint density at radius 3 is 2.40 bits per heavy atom. The summed E-state index contributed by atoms with van der Waals surface area (Å²) >= 11 is 0. The number of amides is 1. The van der Waals surface area contributed by atoms with Gasteiger partial charge in [-0.15, -0.1) is 0 Å². The average Bonchev–Trinajstić information content (AvgIpc) is 2.75. The smallest absolute Gasteiger partial charge is 0.268 e. The van der Waals surface area contributed by atoms with Crippen molar-refractivity contribution in [1.82, 2.24) is 9.88 Å². The molecule has 1 unspecified atom stereocenters. The highest BCUT2D eigenvalue weighted by Gasteiger charge is 2.20. The van der Waals surface area contributed by atoms with Crippen molar-refractivity contribution >= 4 is 11.6 Å². The van der Waals surface area contributed by atoms with E-state index in [-0.39, 0.29) is 11.9 Å². The number of rotatable bonds is 4. The molecular formula is C16H21N3O. The Labute approximate surface area is 119 Å². The molecular weight excluding hydrogens is 250 g/mol. The summed E-state index contributed by atoms with van der Waals surface area (Å²) in [5.41, 5.74) is 8.00. The summed E-state index contributed by atoms with van der Waals surface area (Å²) < 4.78 is 1.74. The number of nitrogens with zero attached hydrogens (tertiary/aromatic N) is 1. The minimum Gasteiger partial charge on any atom is -0.397 e. The van der Waals surface area contributed by atoms with Crippen LogP contribution in [0.2, 0.25) is 0 Å². The summed E-state index contributed by atoms with van der Waals surface area (Å²) in [7, 11) is 1.82. The second-order valence-corrected chi connectivity index (χ2v) is 5.38. The number of benzene rings is 1. The number of carbonyl (C=O) groups excluding carboxylic acids is 1. The maximum absolute atomic E-state index is 12.4. The van der Waals surface area contributed by atoms with Crippen LogP contribution in [0.1, 0.15) is 35.9 Å². The third kappa shape index (κ3) is 3.02.